The summed E-state index contributed by atoms with van der Waals surface area (Å²) >= 11 is 3.11. The smallest absolute Gasteiger partial charge is 0.317 e. The molecule has 1 rings (SSSR count). The van der Waals surface area contributed by atoms with Gasteiger partial charge in [0.05, 0.1) is 18.8 Å². The molecule has 0 heterocycles. The fourth-order valence-electron chi connectivity index (χ4n) is 1.45. The number of nitrogens with one attached hydrogen (secondary N) is 1. The van der Waals surface area contributed by atoms with E-state index in [1.54, 1.807) is 13.0 Å². The number of carbonyl (C=O) groups is 2. The second-order valence-electron chi connectivity index (χ2n) is 3.87. The summed E-state index contributed by atoms with van der Waals surface area (Å²) in [5, 5.41) is 11.1. The van der Waals surface area contributed by atoms with Crippen LogP contribution in [0.25, 0.3) is 0 Å². The highest BCUT2D eigenvalue weighted by Gasteiger charge is 2.13. The second-order valence-corrected chi connectivity index (χ2v) is 4.79. The SMILES string of the molecule is CCN(CC(=O)O)CC(=O)Nc1ccc(Br)cc1F. The van der Waals surface area contributed by atoms with Crippen molar-refractivity contribution < 1.29 is 19.1 Å². The number of benzene rings is 1. The number of anilines is 1. The lowest BCUT2D eigenvalue weighted by Gasteiger charge is -2.17. The third kappa shape index (κ3) is 5.35. The van der Waals surface area contributed by atoms with Crippen LogP contribution < -0.4 is 5.32 Å². The fourth-order valence-corrected chi connectivity index (χ4v) is 1.79. The summed E-state index contributed by atoms with van der Waals surface area (Å²) in [6.45, 7) is 1.84. The Morgan fingerprint density at radius 1 is 1.42 bits per heavy atom. The molecule has 1 amide bonds. The van der Waals surface area contributed by atoms with Crippen molar-refractivity contribution in [2.45, 2.75) is 6.92 Å². The molecule has 7 heteroatoms. The highest BCUT2D eigenvalue weighted by Crippen LogP contribution is 2.19. The Morgan fingerprint density at radius 2 is 2.11 bits per heavy atom. The van der Waals surface area contributed by atoms with Gasteiger partial charge in [-0.05, 0) is 24.7 Å². The van der Waals surface area contributed by atoms with Gasteiger partial charge < -0.3 is 10.4 Å². The maximum atomic E-state index is 13.5. The minimum Gasteiger partial charge on any atom is -0.480 e. The zero-order valence-corrected chi connectivity index (χ0v) is 11.9. The Kier molecular flexibility index (Phi) is 5.91. The molecule has 0 unspecified atom stereocenters. The predicted octanol–water partition coefficient (Wildman–Crippen LogP) is 1.93. The Bertz CT molecular complexity index is 482. The third-order valence-corrected chi connectivity index (χ3v) is 2.87. The molecule has 0 bridgehead atoms. The molecule has 1 aromatic rings. The van der Waals surface area contributed by atoms with Crippen LogP contribution in [0.1, 0.15) is 6.92 Å². The van der Waals surface area contributed by atoms with Gasteiger partial charge in [0, 0.05) is 4.47 Å². The summed E-state index contributed by atoms with van der Waals surface area (Å²) < 4.78 is 14.1. The van der Waals surface area contributed by atoms with Crippen LogP contribution in [-0.4, -0.2) is 41.5 Å². The van der Waals surface area contributed by atoms with Crippen molar-refractivity contribution in [1.29, 1.82) is 0 Å². The van der Waals surface area contributed by atoms with E-state index in [4.69, 9.17) is 5.11 Å². The number of hydrogen-bond acceptors (Lipinski definition) is 3. The molecule has 0 aliphatic rings. The van der Waals surface area contributed by atoms with Crippen LogP contribution in [0.3, 0.4) is 0 Å². The quantitative estimate of drug-likeness (QED) is 0.835. The number of nitrogens with zero attached hydrogens (tertiary/aromatic N) is 1. The van der Waals surface area contributed by atoms with Crippen LogP contribution in [0.4, 0.5) is 10.1 Å². The van der Waals surface area contributed by atoms with Crippen molar-refractivity contribution in [2.75, 3.05) is 25.0 Å². The van der Waals surface area contributed by atoms with E-state index < -0.39 is 17.7 Å². The molecule has 0 atom stereocenters. The van der Waals surface area contributed by atoms with Crippen LogP contribution >= 0.6 is 15.9 Å². The van der Waals surface area contributed by atoms with Gasteiger partial charge in [-0.25, -0.2) is 4.39 Å². The Hall–Kier alpha value is -1.47. The summed E-state index contributed by atoms with van der Waals surface area (Å²) in [6, 6.07) is 4.28. The number of hydrogen-bond donors (Lipinski definition) is 2. The van der Waals surface area contributed by atoms with Crippen molar-refractivity contribution in [3.63, 3.8) is 0 Å². The van der Waals surface area contributed by atoms with Gasteiger partial charge in [0.1, 0.15) is 5.82 Å². The minimum atomic E-state index is -1.01. The maximum absolute atomic E-state index is 13.5. The summed E-state index contributed by atoms with van der Waals surface area (Å²) in [5.41, 5.74) is 0.0691. The largest absolute Gasteiger partial charge is 0.480 e. The van der Waals surface area contributed by atoms with E-state index in [0.717, 1.165) is 0 Å². The molecule has 0 aliphatic heterocycles. The first-order valence-corrected chi connectivity index (χ1v) is 6.40. The van der Waals surface area contributed by atoms with E-state index in [1.165, 1.54) is 17.0 Å². The number of amides is 1. The van der Waals surface area contributed by atoms with Gasteiger partial charge in [-0.15, -0.1) is 0 Å². The summed E-state index contributed by atoms with van der Waals surface area (Å²) in [6.07, 6.45) is 0. The molecule has 0 radical (unpaired) electrons. The minimum absolute atomic E-state index is 0.0691. The zero-order chi connectivity index (χ0) is 14.4. The number of carboxylic acid groups (broad SMARTS) is 1. The molecule has 2 N–H and O–H groups in total. The normalized spacial score (nSPS) is 10.5. The first kappa shape index (κ1) is 15.6. The molecule has 19 heavy (non-hydrogen) atoms. The van der Waals surface area contributed by atoms with Crippen molar-refractivity contribution in [3.05, 3.63) is 28.5 Å². The lowest BCUT2D eigenvalue weighted by Crippen LogP contribution is -2.36. The standard InChI is InChI=1S/C12H14BrFN2O3/c1-2-16(7-12(18)19)6-11(17)15-10-4-3-8(13)5-9(10)14/h3-5H,2,6-7H2,1H3,(H,15,17)(H,18,19). The third-order valence-electron chi connectivity index (χ3n) is 2.38. The lowest BCUT2D eigenvalue weighted by molar-refractivity contribution is -0.138. The molecule has 1 aromatic carbocycles. The Morgan fingerprint density at radius 3 is 2.63 bits per heavy atom. The summed E-state index contributed by atoms with van der Waals surface area (Å²) in [4.78, 5) is 23.7. The number of aliphatic carboxylic acids is 1. The van der Waals surface area contributed by atoms with E-state index in [9.17, 15) is 14.0 Å². The highest BCUT2D eigenvalue weighted by molar-refractivity contribution is 9.10. The summed E-state index contributed by atoms with van der Waals surface area (Å²) in [5.74, 6) is -2.02. The molecule has 0 aliphatic carbocycles. The molecular formula is C12H14BrFN2O3. The van der Waals surface area contributed by atoms with Gasteiger partial charge >= 0.3 is 5.97 Å². The van der Waals surface area contributed by atoms with Crippen LogP contribution in [0.2, 0.25) is 0 Å². The van der Waals surface area contributed by atoms with Gasteiger partial charge in [0.2, 0.25) is 5.91 Å². The second kappa shape index (κ2) is 7.20. The van der Waals surface area contributed by atoms with E-state index in [0.29, 0.717) is 11.0 Å². The topological polar surface area (TPSA) is 69.6 Å². The van der Waals surface area contributed by atoms with Crippen LogP contribution in [0, 0.1) is 5.82 Å². The monoisotopic (exact) mass is 332 g/mol. The van der Waals surface area contributed by atoms with Gasteiger partial charge in [0.25, 0.3) is 0 Å². The molecule has 5 nitrogen and oxygen atoms in total. The van der Waals surface area contributed by atoms with Gasteiger partial charge in [-0.3, -0.25) is 14.5 Å². The van der Waals surface area contributed by atoms with Gasteiger partial charge in [-0.1, -0.05) is 22.9 Å². The molecule has 0 aromatic heterocycles. The van der Waals surface area contributed by atoms with Crippen molar-refractivity contribution in [1.82, 2.24) is 4.90 Å². The highest BCUT2D eigenvalue weighted by atomic mass is 79.9. The summed E-state index contributed by atoms with van der Waals surface area (Å²) in [7, 11) is 0. The van der Waals surface area contributed by atoms with Gasteiger partial charge in [-0.2, -0.15) is 0 Å². The van der Waals surface area contributed by atoms with Crippen molar-refractivity contribution in [3.8, 4) is 0 Å². The Labute approximate surface area is 118 Å². The number of halogens is 2. The fraction of sp³-hybridized carbons (Fsp3) is 0.333. The molecule has 104 valence electrons. The Balaban J connectivity index is 2.61. The number of carbonyl (C=O) groups excluding carboxylic acids is 1. The predicted molar refractivity (Wildman–Crippen MR) is 72.5 cm³/mol. The van der Waals surface area contributed by atoms with E-state index in [2.05, 4.69) is 21.2 Å². The maximum Gasteiger partial charge on any atom is 0.317 e. The number of likely N-dealkylation sites (N-methyl/N-ethyl adjacent to an activating group) is 1. The van der Waals surface area contributed by atoms with Crippen LogP contribution in [0.5, 0.6) is 0 Å². The van der Waals surface area contributed by atoms with Gasteiger partial charge in [0.15, 0.2) is 0 Å². The number of carboxylic acids is 1. The van der Waals surface area contributed by atoms with Crippen LogP contribution in [-0.2, 0) is 9.59 Å². The van der Waals surface area contributed by atoms with E-state index in [-0.39, 0.29) is 18.8 Å². The van der Waals surface area contributed by atoms with Crippen molar-refractivity contribution in [2.24, 2.45) is 0 Å². The lowest BCUT2D eigenvalue weighted by atomic mass is 10.3. The average Bonchev–Trinajstić information content (AvgIpc) is 2.31. The average molecular weight is 333 g/mol. The molecule has 0 saturated heterocycles. The molecule has 0 spiro atoms. The van der Waals surface area contributed by atoms with E-state index >= 15 is 0 Å². The molecule has 0 fully saturated rings. The van der Waals surface area contributed by atoms with Crippen molar-refractivity contribution >= 4 is 33.5 Å². The molecular weight excluding hydrogens is 319 g/mol. The number of rotatable bonds is 6. The first-order valence-electron chi connectivity index (χ1n) is 5.61. The zero-order valence-electron chi connectivity index (χ0n) is 10.3. The van der Waals surface area contributed by atoms with E-state index in [1.807, 2.05) is 0 Å². The van der Waals surface area contributed by atoms with Crippen LogP contribution in [0.15, 0.2) is 22.7 Å². The first-order chi connectivity index (χ1) is 8.92. The molecule has 0 saturated carbocycles.